The van der Waals surface area contributed by atoms with Crippen LogP contribution in [0, 0.1) is 16.7 Å². The van der Waals surface area contributed by atoms with Crippen LogP contribution in [-0.4, -0.2) is 125 Å². The van der Waals surface area contributed by atoms with Crippen LogP contribution in [0.4, 0.5) is 9.59 Å². The summed E-state index contributed by atoms with van der Waals surface area (Å²) in [6, 6.07) is 11.8. The van der Waals surface area contributed by atoms with Crippen LogP contribution >= 0.6 is 0 Å². The largest absolute Gasteiger partial charge is 0.509 e. The van der Waals surface area contributed by atoms with Gasteiger partial charge in [0.25, 0.3) is 0 Å². The average molecular weight is 1150 g/mol. The van der Waals surface area contributed by atoms with Crippen molar-refractivity contribution < 1.29 is 84.7 Å². The van der Waals surface area contributed by atoms with Crippen molar-refractivity contribution in [3.8, 4) is 0 Å². The summed E-state index contributed by atoms with van der Waals surface area (Å²) in [7, 11) is -5.91. The molecule has 4 fully saturated rings. The molecule has 2 aliphatic heterocycles. The van der Waals surface area contributed by atoms with E-state index >= 15 is 14.4 Å². The van der Waals surface area contributed by atoms with Gasteiger partial charge in [-0.2, -0.15) is 0 Å². The number of rotatable bonds is 19. The summed E-state index contributed by atoms with van der Waals surface area (Å²) in [4.78, 5) is 104. The van der Waals surface area contributed by atoms with Gasteiger partial charge in [-0.25, -0.2) is 19.2 Å². The molecule has 442 valence electrons. The van der Waals surface area contributed by atoms with Crippen LogP contribution in [0.2, 0.25) is 34.8 Å². The predicted octanol–water partition coefficient (Wildman–Crippen LogP) is 10.8. The Morgan fingerprint density at radius 2 is 1.44 bits per heavy atom. The van der Waals surface area contributed by atoms with Crippen LogP contribution in [0.25, 0.3) is 0 Å². The van der Waals surface area contributed by atoms with Crippen molar-refractivity contribution in [2.75, 3.05) is 6.61 Å². The van der Waals surface area contributed by atoms with Crippen molar-refractivity contribution in [3.05, 3.63) is 71.2 Å². The number of fused-ring (bicyclic) bond motifs is 4. The molecule has 1 aromatic carbocycles. The van der Waals surface area contributed by atoms with Crippen molar-refractivity contribution in [2.24, 2.45) is 16.7 Å². The number of esters is 4. The molecular weight excluding hydrogens is 1070 g/mol. The van der Waals surface area contributed by atoms with Gasteiger partial charge in [0, 0.05) is 25.7 Å². The lowest BCUT2D eigenvalue weighted by atomic mass is 9.44. The Balaban J connectivity index is 1.57. The van der Waals surface area contributed by atoms with Gasteiger partial charge in [-0.1, -0.05) is 94.4 Å². The minimum atomic E-state index is -3.18. The van der Waals surface area contributed by atoms with Gasteiger partial charge >= 0.3 is 36.1 Å². The normalized spacial score (nSPS) is 29.8. The zero-order valence-corrected chi connectivity index (χ0v) is 51.9. The number of nitrogens with one attached hydrogen (secondary N) is 1. The Morgan fingerprint density at radius 1 is 0.825 bits per heavy atom. The Hall–Kier alpha value is -5.36. The van der Waals surface area contributed by atoms with E-state index in [0.717, 1.165) is 6.92 Å². The fraction of sp³-hybridized carbons (Fsp3) is 0.678. The molecule has 1 amide bonds. The van der Waals surface area contributed by atoms with Crippen LogP contribution in [0.3, 0.4) is 0 Å². The van der Waals surface area contributed by atoms with Gasteiger partial charge in [-0.3, -0.25) is 14.4 Å². The first-order valence-corrected chi connectivity index (χ1v) is 32.9. The topological polar surface area (TPSA) is 237 Å². The number of amides is 1. The average Bonchev–Trinajstić information content (AvgIpc) is 4.04. The van der Waals surface area contributed by atoms with E-state index in [2.05, 4.69) is 5.32 Å². The number of hydrogen-bond acceptors (Lipinski definition) is 18. The molecule has 1 spiro atoms. The zero-order valence-electron chi connectivity index (χ0n) is 49.9. The van der Waals surface area contributed by atoms with Gasteiger partial charge in [-0.15, -0.1) is 0 Å². The molecule has 7 rings (SSSR count). The van der Waals surface area contributed by atoms with E-state index in [0.29, 0.717) is 18.1 Å². The lowest BCUT2D eigenvalue weighted by molar-refractivity contribution is -0.344. The van der Waals surface area contributed by atoms with Gasteiger partial charge in [0.15, 0.2) is 50.2 Å². The number of benzene rings is 1. The van der Waals surface area contributed by atoms with Crippen molar-refractivity contribution in [3.63, 3.8) is 0 Å². The summed E-state index contributed by atoms with van der Waals surface area (Å²) < 4.78 is 72.6. The quantitative estimate of drug-likeness (QED) is 0.0595. The van der Waals surface area contributed by atoms with E-state index in [9.17, 15) is 19.2 Å². The van der Waals surface area contributed by atoms with Crippen LogP contribution in [0.15, 0.2) is 64.3 Å². The molecule has 5 aliphatic rings. The van der Waals surface area contributed by atoms with E-state index in [-0.39, 0.29) is 52.1 Å². The maximum atomic E-state index is 16.8. The molecule has 2 unspecified atom stereocenters. The number of alkyl carbamates (subject to hydrolysis) is 1. The van der Waals surface area contributed by atoms with Crippen LogP contribution in [-0.2, 0) is 65.9 Å². The smallest absolute Gasteiger partial charge is 0.467 e. The lowest BCUT2D eigenvalue weighted by Crippen LogP contribution is -2.83. The third kappa shape index (κ3) is 10.5. The maximum absolute atomic E-state index is 16.8. The van der Waals surface area contributed by atoms with E-state index in [1.165, 1.54) is 25.3 Å². The summed E-state index contributed by atoms with van der Waals surface area (Å²) in [6.07, 6.45) is -11.6. The number of ketones is 1. The summed E-state index contributed by atoms with van der Waals surface area (Å²) >= 11 is 0. The maximum Gasteiger partial charge on any atom is 0.509 e. The Labute approximate surface area is 472 Å². The molecule has 1 N–H and O–H groups in total. The van der Waals surface area contributed by atoms with Crippen molar-refractivity contribution in [1.29, 1.82) is 0 Å². The molecular formula is C59H85NO18Si2. The van der Waals surface area contributed by atoms with Gasteiger partial charge in [0.05, 0.1) is 35.9 Å². The number of furan rings is 1. The molecule has 2 saturated heterocycles. The molecule has 0 radical (unpaired) electrons. The Bertz CT molecular complexity index is 2660. The van der Waals surface area contributed by atoms with E-state index in [1.807, 2.05) is 62.3 Å². The van der Waals surface area contributed by atoms with E-state index in [1.54, 1.807) is 78.8 Å². The summed E-state index contributed by atoms with van der Waals surface area (Å²) in [5, 5.41) is 2.85. The van der Waals surface area contributed by atoms with Gasteiger partial charge in [0.1, 0.15) is 23.5 Å². The Kier molecular flexibility index (Phi) is 17.7. The molecule has 3 aliphatic carbocycles. The molecule has 2 saturated carbocycles. The van der Waals surface area contributed by atoms with E-state index in [4.69, 9.17) is 51.2 Å². The number of ether oxygens (including phenoxy) is 8. The zero-order chi connectivity index (χ0) is 59.5. The fourth-order valence-electron chi connectivity index (χ4n) is 14.5. The molecule has 19 nitrogen and oxygen atoms in total. The lowest BCUT2D eigenvalue weighted by Gasteiger charge is -2.68. The predicted molar refractivity (Wildman–Crippen MR) is 296 cm³/mol. The number of hydrogen-bond donors (Lipinski definition) is 1. The highest BCUT2D eigenvalue weighted by Crippen LogP contribution is 2.67. The third-order valence-corrected chi connectivity index (χ3v) is 29.0. The highest BCUT2D eigenvalue weighted by molar-refractivity contribution is 6.77. The minimum Gasteiger partial charge on any atom is -0.467 e. The van der Waals surface area contributed by atoms with E-state index < -0.39 is 141 Å². The second-order valence-electron chi connectivity index (χ2n) is 25.0. The number of Topliss-reactive ketones (excluding diaryl/α,β-unsaturated/α-hetero) is 1. The fourth-order valence-corrected chi connectivity index (χ4v) is 22.9. The second-order valence-corrected chi connectivity index (χ2v) is 35.1. The van der Waals surface area contributed by atoms with Crippen molar-refractivity contribution in [2.45, 2.75) is 231 Å². The molecule has 21 heteroatoms. The highest BCUT2D eigenvalue weighted by Gasteiger charge is 2.84. The SMILES string of the molecule is CC[Si](CC)(CC)O[C@H]1C[C@H]2OC[C@@]2(OC(C)=O)C2C(OC(=O)c3ccccc3)[C@]34OC(=O)O[C@H]3[C@H](OC(=O)[C@H](O[Si](C(C)C)(C(C)C)C(C)C)[C@@H](NC(=O)OC(C)(C)C)c3ccco3)C(C)=C([C@@H](OC(C)=O)C(=O)[C@@]21C)C4(C)C. The van der Waals surface area contributed by atoms with Crippen molar-refractivity contribution >= 4 is 58.5 Å². The van der Waals surface area contributed by atoms with Crippen LogP contribution in [0.5, 0.6) is 0 Å². The van der Waals surface area contributed by atoms with Crippen molar-refractivity contribution in [1.82, 2.24) is 5.32 Å². The first kappa shape index (κ1) is 62.2. The number of carbonyl (C=O) groups excluding carboxylic acids is 7. The number of carbonyl (C=O) groups is 7. The molecule has 2 bridgehead atoms. The molecule has 3 heterocycles. The van der Waals surface area contributed by atoms with Crippen LogP contribution < -0.4 is 5.32 Å². The minimum absolute atomic E-state index is 0.0325. The third-order valence-electron chi connectivity index (χ3n) is 18.3. The molecule has 2 aromatic rings. The van der Waals surface area contributed by atoms with Gasteiger partial charge in [0.2, 0.25) is 13.9 Å². The summed E-state index contributed by atoms with van der Waals surface area (Å²) in [5.41, 5.74) is -8.87. The molecule has 80 heavy (non-hydrogen) atoms. The van der Waals surface area contributed by atoms with Gasteiger partial charge < -0.3 is 56.5 Å². The standard InChI is InChI=1S/C59H85NO18Si2/c1-19-79(20-2,21-3)77-40-30-41-58(31-69-41,74-37(12)62)47-50(72-51(64)38-26-23-22-24-27-38)59-49(73-54(67)76-59)44(35(10)42(56(59,16)17)45(70-36(11)61)48(63)57(40,47)18)71-52(65)46(78-80(32(4)5,33(6)7)34(8)9)43(39-28-25-29-68-39)60-53(66)75-55(13,14)15/h22-29,32-34,40-41,43-47,49-50H,19-21,30-31H2,1-18H3,(H,60,66)/t40-,41+,43-,44+,45+,46+,47?,49-,50?,57+,58-,59+/m0/s1. The summed E-state index contributed by atoms with van der Waals surface area (Å²) in [6.45, 7) is 31.9. The highest BCUT2D eigenvalue weighted by atomic mass is 28.4. The van der Waals surface area contributed by atoms with Crippen LogP contribution in [0.1, 0.15) is 153 Å². The first-order valence-electron chi connectivity index (χ1n) is 28.3. The van der Waals surface area contributed by atoms with Gasteiger partial charge in [-0.05, 0) is 105 Å². The molecule has 1 aromatic heterocycles. The summed E-state index contributed by atoms with van der Waals surface area (Å²) in [5.74, 6) is -5.68. The monoisotopic (exact) mass is 1150 g/mol. The Morgan fingerprint density at radius 3 is 1.94 bits per heavy atom. The first-order chi connectivity index (χ1) is 37.3. The molecule has 12 atom stereocenters. The second kappa shape index (κ2) is 22.8.